The number of hydrogen-bond donors (Lipinski definition) is 2. The number of ether oxygens (including phenoxy) is 1. The molecule has 0 saturated carbocycles. The Hall–Kier alpha value is -2.86. The SMILES string of the molecule is CCOC(=O)CC(O)C(c1c(CC)nc(-c2ccccc2)c(C)c1-c1ccc(F)cc1)[PH](=O)O. The molecule has 0 aliphatic heterocycles. The highest BCUT2D eigenvalue weighted by molar-refractivity contribution is 7.38. The van der Waals surface area contributed by atoms with Crippen LogP contribution in [0.25, 0.3) is 22.4 Å². The molecular weight excluding hydrogens is 456 g/mol. The molecule has 1 aromatic heterocycles. The molecule has 0 amide bonds. The second-order valence-electron chi connectivity index (χ2n) is 7.94. The molecule has 34 heavy (non-hydrogen) atoms. The summed E-state index contributed by atoms with van der Waals surface area (Å²) in [6.45, 7) is 5.50. The Labute approximate surface area is 199 Å². The first-order valence-electron chi connectivity index (χ1n) is 11.2. The van der Waals surface area contributed by atoms with Gasteiger partial charge in [-0.1, -0.05) is 49.4 Å². The summed E-state index contributed by atoms with van der Waals surface area (Å²) in [5.41, 5.74) is 3.19. The minimum absolute atomic E-state index is 0.137. The largest absolute Gasteiger partial charge is 0.466 e. The van der Waals surface area contributed by atoms with Gasteiger partial charge in [0.25, 0.3) is 0 Å². The van der Waals surface area contributed by atoms with Crippen LogP contribution in [0, 0.1) is 12.7 Å². The molecule has 0 fully saturated rings. The highest BCUT2D eigenvalue weighted by atomic mass is 31.1. The number of esters is 1. The molecule has 0 spiro atoms. The van der Waals surface area contributed by atoms with Crippen LogP contribution in [0.2, 0.25) is 0 Å². The predicted molar refractivity (Wildman–Crippen MR) is 130 cm³/mol. The van der Waals surface area contributed by atoms with Crippen molar-refractivity contribution in [3.8, 4) is 22.4 Å². The molecule has 3 atom stereocenters. The number of rotatable bonds is 9. The average molecular weight is 485 g/mol. The molecule has 3 rings (SSSR count). The third kappa shape index (κ3) is 5.61. The fraction of sp³-hybridized carbons (Fsp3) is 0.308. The zero-order chi connectivity index (χ0) is 24.8. The number of hydrogen-bond acceptors (Lipinski definition) is 5. The first kappa shape index (κ1) is 25.8. The molecule has 2 aromatic carbocycles. The normalized spacial score (nSPS) is 13.8. The maximum absolute atomic E-state index is 13.7. The standard InChI is InChI=1S/C26H29FNO5P/c1-4-20-24(26(34(31)32)21(29)15-22(30)33-5-2)23(17-11-13-19(27)14-12-17)16(3)25(28-20)18-9-7-6-8-10-18/h6-14,21,26,29,34H,4-5,15H2,1-3H3,(H,31,32). The van der Waals surface area contributed by atoms with Crippen LogP contribution in [-0.2, 0) is 20.5 Å². The molecule has 1 heterocycles. The molecule has 0 radical (unpaired) electrons. The quantitative estimate of drug-likeness (QED) is 0.318. The van der Waals surface area contributed by atoms with Crippen LogP contribution in [0.1, 0.15) is 42.7 Å². The Morgan fingerprint density at radius 3 is 2.29 bits per heavy atom. The van der Waals surface area contributed by atoms with Crippen LogP contribution in [0.4, 0.5) is 4.39 Å². The van der Waals surface area contributed by atoms with E-state index < -0.39 is 38.0 Å². The summed E-state index contributed by atoms with van der Waals surface area (Å²) in [5, 5.41) is 10.9. The fourth-order valence-electron chi connectivity index (χ4n) is 4.20. The molecule has 0 aliphatic rings. The molecule has 2 N–H and O–H groups in total. The van der Waals surface area contributed by atoms with Gasteiger partial charge in [-0.25, -0.2) is 4.39 Å². The van der Waals surface area contributed by atoms with Gasteiger partial charge in [-0.2, -0.15) is 0 Å². The van der Waals surface area contributed by atoms with E-state index >= 15 is 0 Å². The van der Waals surface area contributed by atoms with Crippen LogP contribution < -0.4 is 0 Å². The molecular formula is C26H29FNO5P. The van der Waals surface area contributed by atoms with E-state index in [1.165, 1.54) is 12.1 Å². The number of nitrogens with zero attached hydrogens (tertiary/aromatic N) is 1. The fourth-order valence-corrected chi connectivity index (χ4v) is 5.21. The summed E-state index contributed by atoms with van der Waals surface area (Å²) >= 11 is 0. The van der Waals surface area contributed by atoms with Gasteiger partial charge in [0.05, 0.1) is 30.5 Å². The number of pyridine rings is 1. The molecule has 3 unspecified atom stereocenters. The van der Waals surface area contributed by atoms with Gasteiger partial charge in [-0.3, -0.25) is 14.3 Å². The van der Waals surface area contributed by atoms with E-state index in [1.54, 1.807) is 19.1 Å². The van der Waals surface area contributed by atoms with Crippen LogP contribution in [0.5, 0.6) is 0 Å². The summed E-state index contributed by atoms with van der Waals surface area (Å²) in [4.78, 5) is 27.2. The number of carbonyl (C=O) groups is 1. The van der Waals surface area contributed by atoms with E-state index in [2.05, 4.69) is 0 Å². The highest BCUT2D eigenvalue weighted by Gasteiger charge is 2.34. The molecule has 180 valence electrons. The van der Waals surface area contributed by atoms with Gasteiger partial charge >= 0.3 is 5.97 Å². The van der Waals surface area contributed by atoms with Crippen molar-refractivity contribution in [1.82, 2.24) is 4.98 Å². The van der Waals surface area contributed by atoms with Crippen molar-refractivity contribution in [2.24, 2.45) is 0 Å². The Morgan fingerprint density at radius 2 is 1.74 bits per heavy atom. The van der Waals surface area contributed by atoms with Crippen molar-refractivity contribution < 1.29 is 28.5 Å². The van der Waals surface area contributed by atoms with Crippen molar-refractivity contribution in [2.75, 3.05) is 6.61 Å². The van der Waals surface area contributed by atoms with Crippen molar-refractivity contribution in [3.63, 3.8) is 0 Å². The van der Waals surface area contributed by atoms with E-state index in [4.69, 9.17) is 9.72 Å². The van der Waals surface area contributed by atoms with Crippen LogP contribution >= 0.6 is 8.03 Å². The van der Waals surface area contributed by atoms with E-state index in [-0.39, 0.29) is 6.61 Å². The number of benzene rings is 2. The van der Waals surface area contributed by atoms with Gasteiger partial charge in [-0.05, 0) is 54.7 Å². The van der Waals surface area contributed by atoms with E-state index in [9.17, 15) is 23.7 Å². The lowest BCUT2D eigenvalue weighted by atomic mass is 9.87. The lowest BCUT2D eigenvalue weighted by Crippen LogP contribution is -2.24. The van der Waals surface area contributed by atoms with E-state index in [0.717, 1.165) is 11.1 Å². The number of aliphatic hydroxyl groups excluding tert-OH is 1. The molecule has 6 nitrogen and oxygen atoms in total. The van der Waals surface area contributed by atoms with Crippen LogP contribution in [0.3, 0.4) is 0 Å². The second kappa shape index (κ2) is 11.5. The number of aryl methyl sites for hydroxylation is 1. The zero-order valence-corrected chi connectivity index (χ0v) is 20.4. The lowest BCUT2D eigenvalue weighted by molar-refractivity contribution is -0.145. The second-order valence-corrected chi connectivity index (χ2v) is 9.24. The molecule has 0 aliphatic carbocycles. The maximum Gasteiger partial charge on any atom is 0.308 e. The summed E-state index contributed by atoms with van der Waals surface area (Å²) in [6.07, 6.45) is -1.47. The summed E-state index contributed by atoms with van der Waals surface area (Å²) < 4.78 is 31.3. The van der Waals surface area contributed by atoms with Crippen molar-refractivity contribution in [1.29, 1.82) is 0 Å². The Kier molecular flexibility index (Phi) is 8.72. The summed E-state index contributed by atoms with van der Waals surface area (Å²) in [7, 11) is -3.37. The Morgan fingerprint density at radius 1 is 1.09 bits per heavy atom. The molecule has 3 aromatic rings. The Balaban J connectivity index is 2.31. The third-order valence-electron chi connectivity index (χ3n) is 5.72. The first-order valence-corrected chi connectivity index (χ1v) is 12.6. The van der Waals surface area contributed by atoms with Crippen molar-refractivity contribution in [3.05, 3.63) is 77.2 Å². The highest BCUT2D eigenvalue weighted by Crippen LogP contribution is 2.48. The van der Waals surface area contributed by atoms with Crippen molar-refractivity contribution in [2.45, 2.75) is 45.4 Å². The average Bonchev–Trinajstić information content (AvgIpc) is 2.81. The monoisotopic (exact) mass is 485 g/mol. The summed E-state index contributed by atoms with van der Waals surface area (Å²) in [6, 6.07) is 15.4. The minimum atomic E-state index is -3.37. The van der Waals surface area contributed by atoms with Gasteiger partial charge in [-0.15, -0.1) is 0 Å². The molecule has 0 bridgehead atoms. The molecule has 0 saturated heterocycles. The van der Waals surface area contributed by atoms with Gasteiger partial charge in [0.2, 0.25) is 0 Å². The van der Waals surface area contributed by atoms with Crippen molar-refractivity contribution >= 4 is 14.0 Å². The number of halogens is 1. The smallest absolute Gasteiger partial charge is 0.308 e. The lowest BCUT2D eigenvalue weighted by Gasteiger charge is -2.27. The van der Waals surface area contributed by atoms with Gasteiger partial charge in [0, 0.05) is 11.3 Å². The topological polar surface area (TPSA) is 96.7 Å². The number of carbonyl (C=O) groups excluding carboxylic acids is 1. The number of aromatic nitrogens is 1. The maximum atomic E-state index is 13.7. The first-order chi connectivity index (χ1) is 16.3. The van der Waals surface area contributed by atoms with Gasteiger partial charge < -0.3 is 14.7 Å². The Bertz CT molecular complexity index is 1170. The third-order valence-corrected chi connectivity index (χ3v) is 6.92. The molecule has 8 heteroatoms. The summed E-state index contributed by atoms with van der Waals surface area (Å²) in [5.74, 6) is -1.07. The minimum Gasteiger partial charge on any atom is -0.466 e. The van der Waals surface area contributed by atoms with Gasteiger partial charge in [0.1, 0.15) is 5.82 Å². The van der Waals surface area contributed by atoms with Crippen LogP contribution in [0.15, 0.2) is 54.6 Å². The zero-order valence-electron chi connectivity index (χ0n) is 19.4. The van der Waals surface area contributed by atoms with Crippen LogP contribution in [-0.4, -0.2) is 33.7 Å². The van der Waals surface area contributed by atoms with Gasteiger partial charge in [0.15, 0.2) is 8.03 Å². The predicted octanol–water partition coefficient (Wildman–Crippen LogP) is 5.25. The van der Waals surface area contributed by atoms with E-state index in [0.29, 0.717) is 34.5 Å². The number of aliphatic hydroxyl groups is 1. The van der Waals surface area contributed by atoms with E-state index in [1.807, 2.05) is 44.2 Å².